The fraction of sp³-hybridized carbons (Fsp3) is 0.364. The number of hydrogen-bond acceptors (Lipinski definition) is 7. The molecule has 1 aliphatic heterocycles. The van der Waals surface area contributed by atoms with Crippen LogP contribution in [0, 0.1) is 6.92 Å². The van der Waals surface area contributed by atoms with Crippen molar-refractivity contribution >= 4 is 33.4 Å². The van der Waals surface area contributed by atoms with Gasteiger partial charge in [-0.15, -0.1) is 5.10 Å². The van der Waals surface area contributed by atoms with Crippen molar-refractivity contribution in [2.24, 2.45) is 0 Å². The maximum absolute atomic E-state index is 13.2. The molecule has 1 fully saturated rings. The summed E-state index contributed by atoms with van der Waals surface area (Å²) >= 11 is 1.20. The van der Waals surface area contributed by atoms with Gasteiger partial charge in [-0.3, -0.25) is 4.79 Å². The molecule has 0 spiro atoms. The summed E-state index contributed by atoms with van der Waals surface area (Å²) in [6.45, 7) is 2.84. The fourth-order valence-electron chi connectivity index (χ4n) is 3.70. The molecule has 1 saturated heterocycles. The second-order valence-electron chi connectivity index (χ2n) is 7.84. The molecule has 0 unspecified atom stereocenters. The molecule has 3 aromatic rings. The molecule has 1 N–H and O–H groups in total. The van der Waals surface area contributed by atoms with Gasteiger partial charge in [-0.25, -0.2) is 8.42 Å². The van der Waals surface area contributed by atoms with Gasteiger partial charge in [0.2, 0.25) is 21.1 Å². The van der Waals surface area contributed by atoms with Crippen LogP contribution in [0.25, 0.3) is 5.69 Å². The normalized spacial score (nSPS) is 15.2. The van der Waals surface area contributed by atoms with Crippen LogP contribution in [0.1, 0.15) is 31.2 Å². The first kappa shape index (κ1) is 23.4. The molecule has 0 radical (unpaired) electrons. The van der Waals surface area contributed by atoms with Gasteiger partial charge in [0.25, 0.3) is 0 Å². The van der Waals surface area contributed by atoms with Gasteiger partial charge in [0, 0.05) is 18.8 Å². The minimum absolute atomic E-state index is 0.0787. The highest BCUT2D eigenvalue weighted by molar-refractivity contribution is 7.99. The lowest BCUT2D eigenvalue weighted by Crippen LogP contribution is -2.32. The molecule has 0 saturated carbocycles. The van der Waals surface area contributed by atoms with Crippen molar-refractivity contribution in [3.8, 4) is 5.69 Å². The van der Waals surface area contributed by atoms with Crippen molar-refractivity contribution in [1.29, 1.82) is 0 Å². The Labute approximate surface area is 197 Å². The molecular formula is C22H26N6O3S2. The van der Waals surface area contributed by atoms with Crippen molar-refractivity contribution in [1.82, 2.24) is 24.5 Å². The maximum Gasteiger partial charge on any atom is 0.243 e. The number of sulfonamides is 1. The minimum Gasteiger partial charge on any atom is -0.325 e. The van der Waals surface area contributed by atoms with E-state index in [1.807, 2.05) is 30.3 Å². The number of carbonyl (C=O) groups excluding carboxylic acids is 1. The van der Waals surface area contributed by atoms with Crippen molar-refractivity contribution in [2.75, 3.05) is 24.2 Å². The van der Waals surface area contributed by atoms with Crippen LogP contribution in [0.3, 0.4) is 0 Å². The van der Waals surface area contributed by atoms with Crippen molar-refractivity contribution < 1.29 is 13.2 Å². The molecule has 174 valence electrons. The van der Waals surface area contributed by atoms with Crippen LogP contribution in [0.4, 0.5) is 5.69 Å². The third kappa shape index (κ3) is 5.60. The van der Waals surface area contributed by atoms with E-state index in [0.29, 0.717) is 29.5 Å². The Morgan fingerprint density at radius 2 is 1.79 bits per heavy atom. The molecule has 0 bridgehead atoms. The molecule has 33 heavy (non-hydrogen) atoms. The number of aromatic nitrogens is 4. The Morgan fingerprint density at radius 3 is 2.52 bits per heavy atom. The molecule has 11 heteroatoms. The largest absolute Gasteiger partial charge is 0.325 e. The predicted molar refractivity (Wildman–Crippen MR) is 127 cm³/mol. The summed E-state index contributed by atoms with van der Waals surface area (Å²) in [5.41, 5.74) is 1.91. The molecule has 0 aliphatic carbocycles. The zero-order valence-corrected chi connectivity index (χ0v) is 20.0. The smallest absolute Gasteiger partial charge is 0.243 e. The molecule has 1 aromatic heterocycles. The quantitative estimate of drug-likeness (QED) is 0.510. The van der Waals surface area contributed by atoms with Crippen LogP contribution >= 0.6 is 11.8 Å². The Kier molecular flexibility index (Phi) is 7.41. The van der Waals surface area contributed by atoms with Crippen molar-refractivity contribution in [2.45, 2.75) is 42.7 Å². The van der Waals surface area contributed by atoms with Gasteiger partial charge in [0.05, 0.1) is 16.3 Å². The van der Waals surface area contributed by atoms with Crippen LogP contribution in [0.5, 0.6) is 0 Å². The number of rotatable bonds is 7. The van der Waals surface area contributed by atoms with Gasteiger partial charge in [0.15, 0.2) is 0 Å². The maximum atomic E-state index is 13.2. The second kappa shape index (κ2) is 10.4. The number of benzene rings is 2. The summed E-state index contributed by atoms with van der Waals surface area (Å²) in [4.78, 5) is 12.8. The first-order chi connectivity index (χ1) is 15.9. The van der Waals surface area contributed by atoms with Crippen LogP contribution < -0.4 is 5.32 Å². The van der Waals surface area contributed by atoms with Gasteiger partial charge in [0.1, 0.15) is 0 Å². The van der Waals surface area contributed by atoms with Crippen molar-refractivity contribution in [3.63, 3.8) is 0 Å². The van der Waals surface area contributed by atoms with Gasteiger partial charge in [-0.2, -0.15) is 8.99 Å². The molecular weight excluding hydrogens is 460 g/mol. The third-order valence-corrected chi connectivity index (χ3v) is 8.39. The monoisotopic (exact) mass is 486 g/mol. The van der Waals surface area contributed by atoms with E-state index in [1.165, 1.54) is 11.8 Å². The Balaban J connectivity index is 1.44. The predicted octanol–water partition coefficient (Wildman–Crippen LogP) is 3.27. The molecule has 2 heterocycles. The standard InChI is InChI=1S/C22H26N6O3S2/c1-17-11-12-18(15-20(17)33(30,31)27-13-7-2-3-8-14-27)23-21(29)16-32-22-24-25-26-28(22)19-9-5-4-6-10-19/h4-6,9-12,15H,2-3,7-8,13-14,16H2,1H3,(H,23,29). The second-order valence-corrected chi connectivity index (χ2v) is 10.7. The number of anilines is 1. The number of aryl methyl sites for hydroxylation is 1. The highest BCUT2D eigenvalue weighted by atomic mass is 32.2. The molecule has 9 nitrogen and oxygen atoms in total. The van der Waals surface area contributed by atoms with Gasteiger partial charge < -0.3 is 5.32 Å². The molecule has 1 aliphatic rings. The van der Waals surface area contributed by atoms with Gasteiger partial charge >= 0.3 is 0 Å². The number of tetrazole rings is 1. The van der Waals surface area contributed by atoms with E-state index in [0.717, 1.165) is 31.4 Å². The lowest BCUT2D eigenvalue weighted by molar-refractivity contribution is -0.113. The molecule has 2 aromatic carbocycles. The van der Waals surface area contributed by atoms with E-state index in [1.54, 1.807) is 34.1 Å². The van der Waals surface area contributed by atoms with E-state index in [4.69, 9.17) is 0 Å². The number of carbonyl (C=O) groups is 1. The lowest BCUT2D eigenvalue weighted by Gasteiger charge is -2.21. The first-order valence-corrected chi connectivity index (χ1v) is 13.2. The Bertz CT molecular complexity index is 1210. The van der Waals surface area contributed by atoms with Crippen LogP contribution in [0.15, 0.2) is 58.6 Å². The summed E-state index contributed by atoms with van der Waals surface area (Å²) in [5, 5.41) is 15.0. The number of hydrogen-bond donors (Lipinski definition) is 1. The van der Waals surface area contributed by atoms with E-state index in [-0.39, 0.29) is 16.6 Å². The number of amides is 1. The van der Waals surface area contributed by atoms with Crippen LogP contribution in [-0.4, -0.2) is 57.7 Å². The lowest BCUT2D eigenvalue weighted by atomic mass is 10.2. The van der Waals surface area contributed by atoms with Crippen LogP contribution in [0.2, 0.25) is 0 Å². The molecule has 4 rings (SSSR count). The minimum atomic E-state index is -3.61. The first-order valence-electron chi connectivity index (χ1n) is 10.8. The fourth-order valence-corrected chi connectivity index (χ4v) is 6.16. The SMILES string of the molecule is Cc1ccc(NC(=O)CSc2nnnn2-c2ccccc2)cc1S(=O)(=O)N1CCCCCC1. The summed E-state index contributed by atoms with van der Waals surface area (Å²) in [6, 6.07) is 14.4. The Hall–Kier alpha value is -2.76. The van der Waals surface area contributed by atoms with Crippen LogP contribution in [-0.2, 0) is 14.8 Å². The van der Waals surface area contributed by atoms with E-state index in [2.05, 4.69) is 20.8 Å². The van der Waals surface area contributed by atoms with Gasteiger partial charge in [-0.1, -0.05) is 48.9 Å². The zero-order valence-electron chi connectivity index (χ0n) is 18.3. The molecule has 1 amide bonds. The zero-order chi connectivity index (χ0) is 23.3. The van der Waals surface area contributed by atoms with E-state index in [9.17, 15) is 13.2 Å². The highest BCUT2D eigenvalue weighted by Crippen LogP contribution is 2.26. The topological polar surface area (TPSA) is 110 Å². The summed E-state index contributed by atoms with van der Waals surface area (Å²) in [7, 11) is -3.61. The molecule has 0 atom stereocenters. The highest BCUT2D eigenvalue weighted by Gasteiger charge is 2.27. The van der Waals surface area contributed by atoms with Crippen molar-refractivity contribution in [3.05, 3.63) is 54.1 Å². The summed E-state index contributed by atoms with van der Waals surface area (Å²) in [6.07, 6.45) is 3.83. The number of nitrogens with zero attached hydrogens (tertiary/aromatic N) is 5. The average Bonchev–Trinajstić information content (AvgIpc) is 3.11. The van der Waals surface area contributed by atoms with E-state index < -0.39 is 10.0 Å². The third-order valence-electron chi connectivity index (χ3n) is 5.43. The number of thioether (sulfide) groups is 1. The number of para-hydroxylation sites is 1. The van der Waals surface area contributed by atoms with E-state index >= 15 is 0 Å². The number of nitrogens with one attached hydrogen (secondary N) is 1. The summed E-state index contributed by atoms with van der Waals surface area (Å²) in [5.74, 6) is -0.195. The van der Waals surface area contributed by atoms with Gasteiger partial charge in [-0.05, 0) is 60.0 Å². The Morgan fingerprint density at radius 1 is 1.06 bits per heavy atom. The summed E-state index contributed by atoms with van der Waals surface area (Å²) < 4.78 is 29.6. The average molecular weight is 487 g/mol.